The van der Waals surface area contributed by atoms with Crippen molar-refractivity contribution < 1.29 is 4.79 Å². The molecule has 0 rings (SSSR count). The number of hydrogen-bond donors (Lipinski definition) is 0. The van der Waals surface area contributed by atoms with Gasteiger partial charge in [0.25, 0.3) is 0 Å². The van der Waals surface area contributed by atoms with Crippen LogP contribution in [0.4, 0.5) is 0 Å². The maximum absolute atomic E-state index is 10.6. The number of unbranched alkanes of at least 4 members (excludes halogenated alkanes) is 5. The summed E-state index contributed by atoms with van der Waals surface area (Å²) in [5.41, 5.74) is 0. The lowest BCUT2D eigenvalue weighted by Gasteiger charge is -1.95. The fourth-order valence-electron chi connectivity index (χ4n) is 1.37. The van der Waals surface area contributed by atoms with Crippen molar-refractivity contribution in [3.63, 3.8) is 0 Å². The summed E-state index contributed by atoms with van der Waals surface area (Å²) < 4.78 is 0. The van der Waals surface area contributed by atoms with Crippen LogP contribution in [0.5, 0.6) is 0 Å². The van der Waals surface area contributed by atoms with Crippen LogP contribution in [0.3, 0.4) is 0 Å². The Morgan fingerprint density at radius 3 is 2.21 bits per heavy atom. The topological polar surface area (TPSA) is 17.1 Å². The number of allylic oxidation sites excluding steroid dienone is 2. The summed E-state index contributed by atoms with van der Waals surface area (Å²) in [5.74, 6) is 0.323. The van der Waals surface area contributed by atoms with E-state index in [-0.39, 0.29) is 0 Å². The van der Waals surface area contributed by atoms with E-state index in [2.05, 4.69) is 19.1 Å². The maximum atomic E-state index is 10.6. The monoisotopic (exact) mass is 196 g/mol. The van der Waals surface area contributed by atoms with Crippen molar-refractivity contribution in [2.75, 3.05) is 0 Å². The highest BCUT2D eigenvalue weighted by molar-refractivity contribution is 5.75. The van der Waals surface area contributed by atoms with Gasteiger partial charge in [-0.3, -0.25) is 0 Å². The number of Topliss-reactive ketones (excluding diaryl/α,β-unsaturated/α-hetero) is 1. The normalized spacial score (nSPS) is 11.0. The van der Waals surface area contributed by atoms with Gasteiger partial charge in [0.05, 0.1) is 0 Å². The van der Waals surface area contributed by atoms with Gasteiger partial charge >= 0.3 is 0 Å². The molecule has 0 aromatic carbocycles. The number of rotatable bonds is 9. The van der Waals surface area contributed by atoms with Gasteiger partial charge in [-0.15, -0.1) is 0 Å². The predicted molar refractivity (Wildman–Crippen MR) is 62.4 cm³/mol. The molecule has 82 valence electrons. The predicted octanol–water partition coefficient (Wildman–Crippen LogP) is 4.27. The summed E-state index contributed by atoms with van der Waals surface area (Å²) in [6.45, 7) is 3.89. The highest BCUT2D eigenvalue weighted by atomic mass is 16.1. The molecule has 0 fully saturated rings. The minimum Gasteiger partial charge on any atom is -0.300 e. The van der Waals surface area contributed by atoms with Crippen LogP contribution in [-0.2, 0) is 4.79 Å². The van der Waals surface area contributed by atoms with Crippen LogP contribution >= 0.6 is 0 Å². The second-order valence-corrected chi connectivity index (χ2v) is 3.91. The zero-order valence-electron chi connectivity index (χ0n) is 9.72. The Bertz CT molecular complexity index is 159. The molecule has 0 saturated carbocycles. The zero-order chi connectivity index (χ0) is 10.6. The van der Waals surface area contributed by atoms with Crippen molar-refractivity contribution in [1.29, 1.82) is 0 Å². The highest BCUT2D eigenvalue weighted by Crippen LogP contribution is 2.05. The smallest absolute Gasteiger partial charge is 0.129 e. The zero-order valence-corrected chi connectivity index (χ0v) is 9.72. The molecule has 0 heterocycles. The lowest BCUT2D eigenvalue weighted by atomic mass is 10.1. The van der Waals surface area contributed by atoms with E-state index in [4.69, 9.17) is 0 Å². The van der Waals surface area contributed by atoms with Gasteiger partial charge in [0.15, 0.2) is 0 Å². The molecule has 0 atom stereocenters. The Hall–Kier alpha value is -0.590. The Kier molecular flexibility index (Phi) is 10.0. The van der Waals surface area contributed by atoms with Crippen LogP contribution < -0.4 is 0 Å². The first-order chi connectivity index (χ1) is 6.77. The first-order valence-electron chi connectivity index (χ1n) is 5.91. The van der Waals surface area contributed by atoms with Gasteiger partial charge in [0.1, 0.15) is 5.78 Å². The number of hydrogen-bond acceptors (Lipinski definition) is 1. The Balaban J connectivity index is 3.05. The largest absolute Gasteiger partial charge is 0.300 e. The van der Waals surface area contributed by atoms with E-state index >= 15 is 0 Å². The van der Waals surface area contributed by atoms with Crippen molar-refractivity contribution in [1.82, 2.24) is 0 Å². The maximum Gasteiger partial charge on any atom is 0.129 e. The summed E-state index contributed by atoms with van der Waals surface area (Å²) in [7, 11) is 0. The van der Waals surface area contributed by atoms with Crippen LogP contribution in [0.2, 0.25) is 0 Å². The average molecular weight is 196 g/mol. The van der Waals surface area contributed by atoms with Crippen molar-refractivity contribution in [3.05, 3.63) is 12.2 Å². The van der Waals surface area contributed by atoms with E-state index in [0.29, 0.717) is 5.78 Å². The molecule has 14 heavy (non-hydrogen) atoms. The number of carbonyl (C=O) groups excluding carboxylic acids is 1. The Labute approximate surface area is 88.6 Å². The molecule has 1 heteroatoms. The second-order valence-electron chi connectivity index (χ2n) is 3.91. The van der Waals surface area contributed by atoms with Crippen molar-refractivity contribution in [2.45, 2.75) is 65.2 Å². The first-order valence-corrected chi connectivity index (χ1v) is 5.91. The lowest BCUT2D eigenvalue weighted by Crippen LogP contribution is -1.88. The van der Waals surface area contributed by atoms with Gasteiger partial charge < -0.3 is 4.79 Å². The molecule has 0 radical (unpaired) electrons. The van der Waals surface area contributed by atoms with Crippen molar-refractivity contribution in [3.8, 4) is 0 Å². The van der Waals surface area contributed by atoms with Crippen molar-refractivity contribution >= 4 is 5.78 Å². The van der Waals surface area contributed by atoms with Crippen LogP contribution in [0.25, 0.3) is 0 Å². The Morgan fingerprint density at radius 2 is 1.64 bits per heavy atom. The van der Waals surface area contributed by atoms with Gasteiger partial charge in [-0.05, 0) is 32.6 Å². The SMILES string of the molecule is CCCCC=CCCCCCC(C)=O. The van der Waals surface area contributed by atoms with Crippen molar-refractivity contribution in [2.24, 2.45) is 0 Å². The molecule has 0 aliphatic carbocycles. The van der Waals surface area contributed by atoms with Gasteiger partial charge in [-0.2, -0.15) is 0 Å². The minimum atomic E-state index is 0.323. The van der Waals surface area contributed by atoms with E-state index in [0.717, 1.165) is 12.8 Å². The molecule has 0 spiro atoms. The molecule has 0 bridgehead atoms. The standard InChI is InChI=1S/C13H24O/c1-3-4-5-6-7-8-9-10-11-12-13(2)14/h6-7H,3-5,8-12H2,1-2H3. The summed E-state index contributed by atoms with van der Waals surface area (Å²) >= 11 is 0. The van der Waals surface area contributed by atoms with Gasteiger partial charge in [0, 0.05) is 6.42 Å². The van der Waals surface area contributed by atoms with E-state index < -0.39 is 0 Å². The second kappa shape index (κ2) is 10.5. The van der Waals surface area contributed by atoms with Gasteiger partial charge in [-0.25, -0.2) is 0 Å². The molecule has 0 unspecified atom stereocenters. The summed E-state index contributed by atoms with van der Waals surface area (Å²) in [6.07, 6.45) is 13.8. The van der Waals surface area contributed by atoms with Crippen LogP contribution in [-0.4, -0.2) is 5.78 Å². The van der Waals surface area contributed by atoms with E-state index in [1.165, 1.54) is 38.5 Å². The minimum absolute atomic E-state index is 0.323. The van der Waals surface area contributed by atoms with E-state index in [9.17, 15) is 4.79 Å². The van der Waals surface area contributed by atoms with Crippen LogP contribution in [0.1, 0.15) is 65.2 Å². The third kappa shape index (κ3) is 11.4. The number of carbonyl (C=O) groups is 1. The third-order valence-corrected chi connectivity index (χ3v) is 2.29. The van der Waals surface area contributed by atoms with Gasteiger partial charge in [0.2, 0.25) is 0 Å². The average Bonchev–Trinajstić information content (AvgIpc) is 2.15. The molecule has 0 aliphatic heterocycles. The fraction of sp³-hybridized carbons (Fsp3) is 0.769. The molecular formula is C13H24O. The summed E-state index contributed by atoms with van der Waals surface area (Å²) in [5, 5.41) is 0. The third-order valence-electron chi connectivity index (χ3n) is 2.29. The molecule has 0 aliphatic rings. The van der Waals surface area contributed by atoms with E-state index in [1.807, 2.05) is 0 Å². The Morgan fingerprint density at radius 1 is 1.00 bits per heavy atom. The van der Waals surface area contributed by atoms with Crippen LogP contribution in [0.15, 0.2) is 12.2 Å². The molecule has 0 aromatic rings. The molecule has 0 saturated heterocycles. The highest BCUT2D eigenvalue weighted by Gasteiger charge is 1.92. The summed E-state index contributed by atoms with van der Waals surface area (Å²) in [6, 6.07) is 0. The molecule has 1 nitrogen and oxygen atoms in total. The van der Waals surface area contributed by atoms with Gasteiger partial charge in [-0.1, -0.05) is 38.3 Å². The van der Waals surface area contributed by atoms with Crippen LogP contribution in [0, 0.1) is 0 Å². The number of ketones is 1. The molecular weight excluding hydrogens is 172 g/mol. The lowest BCUT2D eigenvalue weighted by molar-refractivity contribution is -0.117. The molecule has 0 amide bonds. The quantitative estimate of drug-likeness (QED) is 0.397. The molecule has 0 aromatic heterocycles. The van der Waals surface area contributed by atoms with E-state index in [1.54, 1.807) is 6.92 Å². The fourth-order valence-corrected chi connectivity index (χ4v) is 1.37. The molecule has 0 N–H and O–H groups in total. The first kappa shape index (κ1) is 13.4. The summed E-state index contributed by atoms with van der Waals surface area (Å²) in [4.78, 5) is 10.6.